The van der Waals surface area contributed by atoms with Gasteiger partial charge in [0, 0.05) is 12.6 Å². The number of halogens is 3. The van der Waals surface area contributed by atoms with Crippen LogP contribution in [0.3, 0.4) is 0 Å². The van der Waals surface area contributed by atoms with E-state index in [0.717, 1.165) is 12.5 Å². The zero-order valence-electron chi connectivity index (χ0n) is 7.49. The molecule has 78 valence electrons. The Bertz CT molecular complexity index is 318. The van der Waals surface area contributed by atoms with Crippen molar-refractivity contribution in [1.82, 2.24) is 0 Å². The molecule has 0 spiro atoms. The topological polar surface area (TPSA) is 38.0 Å². The van der Waals surface area contributed by atoms with Gasteiger partial charge < -0.3 is 11.1 Å². The van der Waals surface area contributed by atoms with E-state index in [1.54, 1.807) is 0 Å². The van der Waals surface area contributed by atoms with Crippen LogP contribution < -0.4 is 11.1 Å². The molecule has 0 aliphatic rings. The Morgan fingerprint density at radius 1 is 1.29 bits per heavy atom. The number of anilines is 1. The summed E-state index contributed by atoms with van der Waals surface area (Å²) in [4.78, 5) is 0. The van der Waals surface area contributed by atoms with Gasteiger partial charge in [0.05, 0.1) is 10.2 Å². The van der Waals surface area contributed by atoms with Crippen molar-refractivity contribution < 1.29 is 8.78 Å². The van der Waals surface area contributed by atoms with Gasteiger partial charge in [0.15, 0.2) is 0 Å². The monoisotopic (exact) mass is 264 g/mol. The number of benzene rings is 1. The second-order valence-corrected chi connectivity index (χ2v) is 3.67. The summed E-state index contributed by atoms with van der Waals surface area (Å²) in [5.74, 6) is -1.20. The second-order valence-electron chi connectivity index (χ2n) is 2.82. The Morgan fingerprint density at radius 2 is 2.00 bits per heavy atom. The Labute approximate surface area is 89.6 Å². The van der Waals surface area contributed by atoms with E-state index in [1.807, 2.05) is 0 Å². The first-order chi connectivity index (χ1) is 6.65. The lowest BCUT2D eigenvalue weighted by Crippen LogP contribution is -2.09. The summed E-state index contributed by atoms with van der Waals surface area (Å²) < 4.78 is 26.2. The Morgan fingerprint density at radius 3 is 2.64 bits per heavy atom. The van der Waals surface area contributed by atoms with Gasteiger partial charge in [0.2, 0.25) is 0 Å². The third kappa shape index (κ3) is 2.92. The fourth-order valence-electron chi connectivity index (χ4n) is 0.983. The van der Waals surface area contributed by atoms with Crippen LogP contribution in [0.2, 0.25) is 0 Å². The van der Waals surface area contributed by atoms with E-state index in [4.69, 9.17) is 5.73 Å². The molecule has 0 saturated carbocycles. The molecule has 0 amide bonds. The van der Waals surface area contributed by atoms with Crippen molar-refractivity contribution in [2.24, 2.45) is 5.73 Å². The van der Waals surface area contributed by atoms with Crippen LogP contribution in [0, 0.1) is 11.6 Å². The maximum absolute atomic E-state index is 13.1. The highest BCUT2D eigenvalue weighted by Crippen LogP contribution is 2.23. The minimum absolute atomic E-state index is 0.245. The number of nitrogens with two attached hydrogens (primary N) is 1. The normalized spacial score (nSPS) is 10.3. The number of rotatable bonds is 4. The van der Waals surface area contributed by atoms with Crippen molar-refractivity contribution in [3.05, 3.63) is 28.2 Å². The van der Waals surface area contributed by atoms with Crippen molar-refractivity contribution in [1.29, 1.82) is 0 Å². The molecule has 0 atom stereocenters. The summed E-state index contributed by atoms with van der Waals surface area (Å²) in [6.45, 7) is 1.11. The average molecular weight is 265 g/mol. The highest BCUT2D eigenvalue weighted by molar-refractivity contribution is 9.10. The van der Waals surface area contributed by atoms with Gasteiger partial charge >= 0.3 is 0 Å². The minimum Gasteiger partial charge on any atom is -0.383 e. The number of hydrogen-bond acceptors (Lipinski definition) is 2. The van der Waals surface area contributed by atoms with Crippen LogP contribution in [0.5, 0.6) is 0 Å². The van der Waals surface area contributed by atoms with Crippen molar-refractivity contribution in [3.8, 4) is 0 Å². The van der Waals surface area contributed by atoms with Crippen molar-refractivity contribution in [2.75, 3.05) is 18.4 Å². The van der Waals surface area contributed by atoms with Crippen LogP contribution in [0.25, 0.3) is 0 Å². The molecule has 14 heavy (non-hydrogen) atoms. The van der Waals surface area contributed by atoms with Crippen LogP contribution >= 0.6 is 15.9 Å². The lowest BCUT2D eigenvalue weighted by molar-refractivity contribution is 0.580. The van der Waals surface area contributed by atoms with E-state index >= 15 is 0 Å². The summed E-state index contributed by atoms with van der Waals surface area (Å²) >= 11 is 2.98. The van der Waals surface area contributed by atoms with Crippen LogP contribution in [-0.2, 0) is 0 Å². The van der Waals surface area contributed by atoms with Gasteiger partial charge in [-0.1, -0.05) is 0 Å². The molecule has 0 heterocycles. The second kappa shape index (κ2) is 5.26. The van der Waals surface area contributed by atoms with Crippen LogP contribution in [-0.4, -0.2) is 13.1 Å². The van der Waals surface area contributed by atoms with Gasteiger partial charge in [-0.25, -0.2) is 8.78 Å². The zero-order valence-corrected chi connectivity index (χ0v) is 9.07. The molecule has 0 bridgehead atoms. The van der Waals surface area contributed by atoms with E-state index in [0.29, 0.717) is 13.1 Å². The Balaban J connectivity index is 2.72. The van der Waals surface area contributed by atoms with E-state index in [9.17, 15) is 8.78 Å². The molecule has 1 aromatic rings. The lowest BCUT2D eigenvalue weighted by atomic mass is 10.3. The summed E-state index contributed by atoms with van der Waals surface area (Å²) in [5, 5.41) is 2.83. The number of hydrogen-bond donors (Lipinski definition) is 2. The molecule has 2 nitrogen and oxygen atoms in total. The quantitative estimate of drug-likeness (QED) is 0.648. The lowest BCUT2D eigenvalue weighted by Gasteiger charge is -2.07. The predicted octanol–water partition coefficient (Wildman–Crippen LogP) is 2.49. The standard InChI is InChI=1S/C9H11BrF2N2/c10-6-4-9(14-3-1-2-13)8(12)5-7(6)11/h4-5,14H,1-3,13H2. The van der Waals surface area contributed by atoms with Crippen LogP contribution in [0.15, 0.2) is 16.6 Å². The third-order valence-electron chi connectivity index (χ3n) is 1.71. The first-order valence-corrected chi connectivity index (χ1v) is 5.03. The van der Waals surface area contributed by atoms with Gasteiger partial charge in [-0.3, -0.25) is 0 Å². The summed E-state index contributed by atoms with van der Waals surface area (Å²) in [7, 11) is 0. The molecular weight excluding hydrogens is 254 g/mol. The van der Waals surface area contributed by atoms with Gasteiger partial charge in [-0.2, -0.15) is 0 Å². The summed E-state index contributed by atoms with van der Waals surface area (Å²) in [6, 6.07) is 2.22. The SMILES string of the molecule is NCCCNc1cc(Br)c(F)cc1F. The predicted molar refractivity (Wildman–Crippen MR) is 56.2 cm³/mol. The highest BCUT2D eigenvalue weighted by Gasteiger charge is 2.06. The van der Waals surface area contributed by atoms with Crippen LogP contribution in [0.1, 0.15) is 6.42 Å². The molecule has 0 fully saturated rings. The molecule has 5 heteroatoms. The fourth-order valence-corrected chi connectivity index (χ4v) is 1.33. The Hall–Kier alpha value is -0.680. The molecule has 0 unspecified atom stereocenters. The van der Waals surface area contributed by atoms with E-state index in [2.05, 4.69) is 21.2 Å². The van der Waals surface area contributed by atoms with Crippen molar-refractivity contribution in [2.45, 2.75) is 6.42 Å². The first-order valence-electron chi connectivity index (χ1n) is 4.23. The molecule has 0 aliphatic carbocycles. The third-order valence-corrected chi connectivity index (χ3v) is 2.31. The molecule has 0 saturated heterocycles. The maximum atomic E-state index is 13.1. The van der Waals surface area contributed by atoms with Crippen LogP contribution in [0.4, 0.5) is 14.5 Å². The van der Waals surface area contributed by atoms with Gasteiger partial charge in [0.25, 0.3) is 0 Å². The summed E-state index contributed by atoms with van der Waals surface area (Å²) in [6.07, 6.45) is 0.744. The fraction of sp³-hybridized carbons (Fsp3) is 0.333. The molecule has 0 aromatic heterocycles. The van der Waals surface area contributed by atoms with Crippen molar-refractivity contribution in [3.63, 3.8) is 0 Å². The van der Waals surface area contributed by atoms with Crippen molar-refractivity contribution >= 4 is 21.6 Å². The highest BCUT2D eigenvalue weighted by atomic mass is 79.9. The molecule has 3 N–H and O–H groups in total. The Kier molecular flexibility index (Phi) is 4.28. The largest absolute Gasteiger partial charge is 0.383 e. The molecular formula is C9H11BrF2N2. The van der Waals surface area contributed by atoms with E-state index in [-0.39, 0.29) is 10.2 Å². The zero-order chi connectivity index (χ0) is 10.6. The maximum Gasteiger partial charge on any atom is 0.149 e. The summed E-state index contributed by atoms with van der Waals surface area (Å²) in [5.41, 5.74) is 5.57. The molecule has 1 rings (SSSR count). The molecule has 0 radical (unpaired) electrons. The van der Waals surface area contributed by atoms with Gasteiger partial charge in [0.1, 0.15) is 11.6 Å². The van der Waals surface area contributed by atoms with E-state index < -0.39 is 11.6 Å². The molecule has 1 aromatic carbocycles. The van der Waals surface area contributed by atoms with Gasteiger partial charge in [-0.05, 0) is 35.0 Å². The number of nitrogens with one attached hydrogen (secondary N) is 1. The average Bonchev–Trinajstić information content (AvgIpc) is 2.14. The first kappa shape index (κ1) is 11.4. The molecule has 0 aliphatic heterocycles. The van der Waals surface area contributed by atoms with Gasteiger partial charge in [-0.15, -0.1) is 0 Å². The minimum atomic E-state index is -0.605. The smallest absolute Gasteiger partial charge is 0.149 e. The van der Waals surface area contributed by atoms with E-state index in [1.165, 1.54) is 6.07 Å².